The first-order valence-corrected chi connectivity index (χ1v) is 11.8. The molecule has 1 saturated heterocycles. The van der Waals surface area contributed by atoms with E-state index in [1.165, 1.54) is 0 Å². The summed E-state index contributed by atoms with van der Waals surface area (Å²) in [6.45, 7) is 3.83. The Morgan fingerprint density at radius 3 is 2.56 bits per heavy atom. The summed E-state index contributed by atoms with van der Waals surface area (Å²) in [5.41, 5.74) is 7.00. The Kier molecular flexibility index (Phi) is 6.99. The number of nitrogens with one attached hydrogen (secondary N) is 1. The average Bonchev–Trinajstić information content (AvgIpc) is 2.91. The number of nitrogens with zero attached hydrogens (tertiary/aromatic N) is 5. The number of rotatable bonds is 7. The molecule has 2 aromatic carbocycles. The highest BCUT2D eigenvalue weighted by atomic mass is 16.6. The van der Waals surface area contributed by atoms with Gasteiger partial charge in [-0.3, -0.25) is 9.69 Å². The van der Waals surface area contributed by atoms with Crippen molar-refractivity contribution in [2.24, 2.45) is 0 Å². The minimum Gasteiger partial charge on any atom is -0.497 e. The van der Waals surface area contributed by atoms with E-state index in [1.807, 2.05) is 53.4 Å². The van der Waals surface area contributed by atoms with Gasteiger partial charge < -0.3 is 30.2 Å². The molecule has 0 bridgehead atoms. The van der Waals surface area contributed by atoms with E-state index in [1.54, 1.807) is 7.11 Å². The number of aromatic nitrogens is 3. The minimum absolute atomic E-state index is 0.0569. The zero-order chi connectivity index (χ0) is 24.9. The molecule has 11 nitrogen and oxygen atoms in total. The zero-order valence-electron chi connectivity index (χ0n) is 20.1. The van der Waals surface area contributed by atoms with Crippen molar-refractivity contribution in [1.29, 1.82) is 0 Å². The number of fused-ring (bicyclic) bond motifs is 1. The van der Waals surface area contributed by atoms with Gasteiger partial charge in [0.25, 0.3) is 5.91 Å². The second-order valence-corrected chi connectivity index (χ2v) is 8.60. The van der Waals surface area contributed by atoms with E-state index in [-0.39, 0.29) is 18.5 Å². The van der Waals surface area contributed by atoms with E-state index in [0.29, 0.717) is 62.5 Å². The van der Waals surface area contributed by atoms with Crippen molar-refractivity contribution in [3.8, 4) is 17.2 Å². The van der Waals surface area contributed by atoms with Crippen LogP contribution < -0.4 is 25.3 Å². The average molecular weight is 492 g/mol. The first-order chi connectivity index (χ1) is 17.6. The van der Waals surface area contributed by atoms with E-state index < -0.39 is 6.10 Å². The van der Waals surface area contributed by atoms with Crippen molar-refractivity contribution >= 4 is 17.8 Å². The van der Waals surface area contributed by atoms with Gasteiger partial charge in [-0.05, 0) is 29.8 Å². The van der Waals surface area contributed by atoms with Crippen LogP contribution in [0.2, 0.25) is 0 Å². The van der Waals surface area contributed by atoms with Gasteiger partial charge in [-0.15, -0.1) is 0 Å². The molecule has 1 unspecified atom stereocenters. The zero-order valence-corrected chi connectivity index (χ0v) is 20.1. The summed E-state index contributed by atoms with van der Waals surface area (Å²) in [6.07, 6.45) is -0.630. The number of amides is 1. The third-order valence-corrected chi connectivity index (χ3v) is 6.14. The minimum atomic E-state index is -0.630. The third kappa shape index (κ3) is 5.57. The Morgan fingerprint density at radius 2 is 1.81 bits per heavy atom. The predicted octanol–water partition coefficient (Wildman–Crippen LogP) is 1.56. The molecule has 0 radical (unpaired) electrons. The highest BCUT2D eigenvalue weighted by Crippen LogP contribution is 2.31. The van der Waals surface area contributed by atoms with Crippen LogP contribution in [0.5, 0.6) is 17.2 Å². The number of ether oxygens (including phenoxy) is 3. The van der Waals surface area contributed by atoms with Crippen molar-refractivity contribution in [2.45, 2.75) is 19.2 Å². The molecule has 36 heavy (non-hydrogen) atoms. The van der Waals surface area contributed by atoms with Gasteiger partial charge in [0.1, 0.15) is 18.2 Å². The second-order valence-electron chi connectivity index (χ2n) is 8.60. The summed E-state index contributed by atoms with van der Waals surface area (Å²) in [7, 11) is 1.64. The first-order valence-electron chi connectivity index (χ1n) is 11.8. The number of anilines is 2. The van der Waals surface area contributed by atoms with Crippen molar-refractivity contribution < 1.29 is 19.0 Å². The molecule has 2 aliphatic rings. The Morgan fingerprint density at radius 1 is 1.06 bits per heavy atom. The lowest BCUT2D eigenvalue weighted by Gasteiger charge is -2.36. The summed E-state index contributed by atoms with van der Waals surface area (Å²) in [5.74, 6) is 3.19. The molecule has 1 aromatic heterocycles. The quantitative estimate of drug-likeness (QED) is 0.502. The molecular formula is C25H29N7O4. The van der Waals surface area contributed by atoms with Crippen LogP contribution in [0, 0.1) is 0 Å². The van der Waals surface area contributed by atoms with Crippen LogP contribution in [-0.4, -0.2) is 76.7 Å². The molecule has 188 valence electrons. The van der Waals surface area contributed by atoms with Crippen LogP contribution in [0.1, 0.15) is 11.4 Å². The van der Waals surface area contributed by atoms with Gasteiger partial charge in [0.15, 0.2) is 11.5 Å². The van der Waals surface area contributed by atoms with E-state index in [0.717, 1.165) is 11.3 Å². The number of carbonyl (C=O) groups excluding carboxylic acids is 1. The van der Waals surface area contributed by atoms with E-state index in [9.17, 15) is 4.79 Å². The maximum atomic E-state index is 13.0. The summed E-state index contributed by atoms with van der Waals surface area (Å²) >= 11 is 0. The normalized spacial score (nSPS) is 17.5. The van der Waals surface area contributed by atoms with Crippen LogP contribution in [0.15, 0.2) is 48.5 Å². The van der Waals surface area contributed by atoms with Gasteiger partial charge in [0.2, 0.25) is 18.0 Å². The predicted molar refractivity (Wildman–Crippen MR) is 133 cm³/mol. The Balaban J connectivity index is 1.13. The summed E-state index contributed by atoms with van der Waals surface area (Å²) < 4.78 is 16.8. The lowest BCUT2D eigenvalue weighted by Crippen LogP contribution is -2.53. The summed E-state index contributed by atoms with van der Waals surface area (Å²) in [4.78, 5) is 30.0. The number of nitrogens with two attached hydrogens (primary N) is 1. The van der Waals surface area contributed by atoms with Crippen molar-refractivity contribution in [3.63, 3.8) is 0 Å². The van der Waals surface area contributed by atoms with Crippen LogP contribution in [0.3, 0.4) is 0 Å². The highest BCUT2D eigenvalue weighted by molar-refractivity contribution is 5.82. The molecule has 2 aliphatic heterocycles. The summed E-state index contributed by atoms with van der Waals surface area (Å²) in [6, 6.07) is 15.1. The van der Waals surface area contributed by atoms with Crippen LogP contribution >= 0.6 is 0 Å². The fourth-order valence-electron chi connectivity index (χ4n) is 4.18. The van der Waals surface area contributed by atoms with Gasteiger partial charge in [-0.25, -0.2) is 0 Å². The summed E-state index contributed by atoms with van der Waals surface area (Å²) in [5, 5.41) is 3.20. The number of hydrogen-bond donors (Lipinski definition) is 2. The molecule has 0 aliphatic carbocycles. The maximum absolute atomic E-state index is 13.0. The van der Waals surface area contributed by atoms with Gasteiger partial charge in [-0.2, -0.15) is 15.0 Å². The fraction of sp³-hybridized carbons (Fsp3) is 0.360. The first kappa shape index (κ1) is 23.6. The van der Waals surface area contributed by atoms with Crippen LogP contribution in [0.25, 0.3) is 0 Å². The molecule has 3 aromatic rings. The largest absolute Gasteiger partial charge is 0.497 e. The molecule has 11 heteroatoms. The van der Waals surface area contributed by atoms with Crippen molar-refractivity contribution in [3.05, 3.63) is 59.9 Å². The number of methoxy groups -OCH3 is 1. The fourth-order valence-corrected chi connectivity index (χ4v) is 4.18. The maximum Gasteiger partial charge on any atom is 0.267 e. The standard InChI is InChI=1S/C25H29N7O4/c1-34-18-8-6-17(7-9-18)14-27-25-29-22(28-24(26)30-25)15-31-10-12-32(13-11-31)23(33)21-16-35-19-4-2-3-5-20(19)36-21/h2-9,21H,10-16H2,1H3,(H3,26,27,28,29,30). The number of carbonyl (C=O) groups is 1. The van der Waals surface area contributed by atoms with Crippen LogP contribution in [-0.2, 0) is 17.9 Å². The molecular weight excluding hydrogens is 462 g/mol. The lowest BCUT2D eigenvalue weighted by atomic mass is 10.2. The van der Waals surface area contributed by atoms with Crippen LogP contribution in [0.4, 0.5) is 11.9 Å². The molecule has 5 rings (SSSR count). The molecule has 3 heterocycles. The SMILES string of the molecule is COc1ccc(CNc2nc(N)nc(CN3CCN(C(=O)C4COc5ccccc5O4)CC3)n2)cc1. The molecule has 0 spiro atoms. The van der Waals surface area contributed by atoms with Crippen molar-refractivity contribution in [2.75, 3.05) is 50.9 Å². The highest BCUT2D eigenvalue weighted by Gasteiger charge is 2.32. The van der Waals surface area contributed by atoms with Crippen molar-refractivity contribution in [1.82, 2.24) is 24.8 Å². The van der Waals surface area contributed by atoms with E-state index in [2.05, 4.69) is 25.2 Å². The Bertz CT molecular complexity index is 1200. The molecule has 1 amide bonds. The second kappa shape index (κ2) is 10.6. The Hall–Kier alpha value is -4.12. The topological polar surface area (TPSA) is 128 Å². The monoisotopic (exact) mass is 491 g/mol. The number of hydrogen-bond acceptors (Lipinski definition) is 10. The number of nitrogen functional groups attached to an aromatic ring is 1. The molecule has 0 saturated carbocycles. The Labute approximate surface area is 209 Å². The van der Waals surface area contributed by atoms with Gasteiger partial charge >= 0.3 is 0 Å². The number of piperazine rings is 1. The number of para-hydroxylation sites is 2. The van der Waals surface area contributed by atoms with Gasteiger partial charge in [0.05, 0.1) is 13.7 Å². The third-order valence-electron chi connectivity index (χ3n) is 6.14. The van der Waals surface area contributed by atoms with Gasteiger partial charge in [0, 0.05) is 32.7 Å². The van der Waals surface area contributed by atoms with Gasteiger partial charge in [-0.1, -0.05) is 24.3 Å². The van der Waals surface area contributed by atoms with E-state index >= 15 is 0 Å². The molecule has 1 fully saturated rings. The number of benzene rings is 2. The van der Waals surface area contributed by atoms with E-state index in [4.69, 9.17) is 19.9 Å². The molecule has 3 N–H and O–H groups in total. The smallest absolute Gasteiger partial charge is 0.267 e. The lowest BCUT2D eigenvalue weighted by molar-refractivity contribution is -0.143. The molecule has 1 atom stereocenters.